The van der Waals surface area contributed by atoms with E-state index in [0.29, 0.717) is 35.7 Å². The zero-order valence-electron chi connectivity index (χ0n) is 16.9. The summed E-state index contributed by atoms with van der Waals surface area (Å²) in [6.45, 7) is 1.20. The molecule has 1 amide bonds. The smallest absolute Gasteiger partial charge is 0.254 e. The Morgan fingerprint density at radius 3 is 2.61 bits per heavy atom. The number of amides is 1. The average molecular weight is 411 g/mol. The molecule has 0 atom stereocenters. The Labute approximate surface area is 180 Å². The van der Waals surface area contributed by atoms with Crippen LogP contribution in [0.5, 0.6) is 11.5 Å². The van der Waals surface area contributed by atoms with Crippen molar-refractivity contribution in [2.75, 3.05) is 13.3 Å². The van der Waals surface area contributed by atoms with Crippen LogP contribution < -0.4 is 9.47 Å². The Morgan fingerprint density at radius 1 is 0.903 bits per heavy atom. The van der Waals surface area contributed by atoms with Gasteiger partial charge >= 0.3 is 0 Å². The van der Waals surface area contributed by atoms with Gasteiger partial charge in [0.05, 0.1) is 11.0 Å². The summed E-state index contributed by atoms with van der Waals surface area (Å²) < 4.78 is 11.2. The molecule has 4 aromatic rings. The van der Waals surface area contributed by atoms with E-state index in [0.717, 1.165) is 17.5 Å². The van der Waals surface area contributed by atoms with Crippen LogP contribution in [-0.4, -0.2) is 34.1 Å². The van der Waals surface area contributed by atoms with Crippen molar-refractivity contribution in [1.82, 2.24) is 14.9 Å². The number of hydrogen-bond acceptors (Lipinski definition) is 5. The summed E-state index contributed by atoms with van der Waals surface area (Å²) in [5.74, 6) is 1.37. The topological polar surface area (TPSA) is 64.6 Å². The van der Waals surface area contributed by atoms with Gasteiger partial charge in [-0.15, -0.1) is 0 Å². The van der Waals surface area contributed by atoms with E-state index in [9.17, 15) is 4.79 Å². The second-order valence-corrected chi connectivity index (χ2v) is 7.37. The van der Waals surface area contributed by atoms with Crippen molar-refractivity contribution in [3.63, 3.8) is 0 Å². The summed E-state index contributed by atoms with van der Waals surface area (Å²) in [5, 5.41) is 0. The van der Waals surface area contributed by atoms with E-state index < -0.39 is 0 Å². The quantitative estimate of drug-likeness (QED) is 0.475. The number of para-hydroxylation sites is 1. The molecule has 154 valence electrons. The van der Waals surface area contributed by atoms with Gasteiger partial charge < -0.3 is 14.4 Å². The van der Waals surface area contributed by atoms with Crippen molar-refractivity contribution in [1.29, 1.82) is 0 Å². The first-order chi connectivity index (χ1) is 15.3. The summed E-state index contributed by atoms with van der Waals surface area (Å²) >= 11 is 0. The fourth-order valence-electron chi connectivity index (χ4n) is 3.76. The molecule has 0 radical (unpaired) electrons. The molecule has 6 heteroatoms. The van der Waals surface area contributed by atoms with Crippen LogP contribution in [0.3, 0.4) is 0 Å². The predicted octanol–water partition coefficient (Wildman–Crippen LogP) is 4.24. The van der Waals surface area contributed by atoms with Crippen LogP contribution in [0.1, 0.15) is 21.5 Å². The lowest BCUT2D eigenvalue weighted by Gasteiger charge is -2.24. The standard InChI is InChI=1S/C25H21N3O3/c29-25(19-9-10-21-22(15-19)27-13-12-26-21)28(14-11-18-5-2-1-3-6-18)16-20-7-4-8-23-24(20)31-17-30-23/h1-10,12-13,15H,11,14,16-17H2. The minimum Gasteiger partial charge on any atom is -0.454 e. The van der Waals surface area contributed by atoms with E-state index in [1.807, 2.05) is 53.4 Å². The number of nitrogens with zero attached hydrogens (tertiary/aromatic N) is 3. The van der Waals surface area contributed by atoms with Crippen LogP contribution in [0.4, 0.5) is 0 Å². The molecule has 0 unspecified atom stereocenters. The van der Waals surface area contributed by atoms with Gasteiger partial charge in [0.25, 0.3) is 5.91 Å². The number of fused-ring (bicyclic) bond motifs is 2. The van der Waals surface area contributed by atoms with Gasteiger partial charge in [-0.2, -0.15) is 0 Å². The number of rotatable bonds is 6. The molecule has 0 bridgehead atoms. The molecule has 0 saturated heterocycles. The molecular formula is C25H21N3O3. The van der Waals surface area contributed by atoms with Crippen LogP contribution in [0.2, 0.25) is 0 Å². The Morgan fingerprint density at radius 2 is 1.74 bits per heavy atom. The molecule has 0 aliphatic carbocycles. The van der Waals surface area contributed by atoms with Crippen molar-refractivity contribution in [3.05, 3.63) is 95.8 Å². The highest BCUT2D eigenvalue weighted by Crippen LogP contribution is 2.36. The van der Waals surface area contributed by atoms with Gasteiger partial charge in [0.1, 0.15) is 0 Å². The number of hydrogen-bond donors (Lipinski definition) is 0. The van der Waals surface area contributed by atoms with Crippen molar-refractivity contribution in [2.45, 2.75) is 13.0 Å². The summed E-state index contributed by atoms with van der Waals surface area (Å²) in [4.78, 5) is 24.0. The Hall–Kier alpha value is -3.93. The van der Waals surface area contributed by atoms with E-state index in [-0.39, 0.29) is 12.7 Å². The number of ether oxygens (including phenoxy) is 2. The highest BCUT2D eigenvalue weighted by Gasteiger charge is 2.22. The van der Waals surface area contributed by atoms with Crippen LogP contribution in [0.25, 0.3) is 11.0 Å². The molecular weight excluding hydrogens is 390 g/mol. The third-order valence-corrected chi connectivity index (χ3v) is 5.36. The number of carbonyl (C=O) groups is 1. The van der Waals surface area contributed by atoms with Crippen LogP contribution in [-0.2, 0) is 13.0 Å². The molecule has 0 N–H and O–H groups in total. The van der Waals surface area contributed by atoms with Crippen LogP contribution in [0.15, 0.2) is 79.1 Å². The molecule has 0 spiro atoms. The van der Waals surface area contributed by atoms with E-state index >= 15 is 0 Å². The maximum Gasteiger partial charge on any atom is 0.254 e. The second kappa shape index (κ2) is 8.44. The lowest BCUT2D eigenvalue weighted by Crippen LogP contribution is -2.32. The highest BCUT2D eigenvalue weighted by molar-refractivity contribution is 5.97. The SMILES string of the molecule is O=C(c1ccc2nccnc2c1)N(CCc1ccccc1)Cc1cccc2c1OCO2. The van der Waals surface area contributed by atoms with E-state index in [4.69, 9.17) is 9.47 Å². The highest BCUT2D eigenvalue weighted by atomic mass is 16.7. The predicted molar refractivity (Wildman–Crippen MR) is 117 cm³/mol. The first-order valence-corrected chi connectivity index (χ1v) is 10.2. The number of aromatic nitrogens is 2. The molecule has 1 aromatic heterocycles. The summed E-state index contributed by atoms with van der Waals surface area (Å²) in [7, 11) is 0. The first-order valence-electron chi connectivity index (χ1n) is 10.2. The number of benzene rings is 3. The Bertz CT molecular complexity index is 1230. The molecule has 6 nitrogen and oxygen atoms in total. The molecule has 0 fully saturated rings. The van der Waals surface area contributed by atoms with Crippen molar-refractivity contribution < 1.29 is 14.3 Å². The third-order valence-electron chi connectivity index (χ3n) is 5.36. The lowest BCUT2D eigenvalue weighted by atomic mass is 10.1. The van der Waals surface area contributed by atoms with Crippen molar-refractivity contribution in [3.8, 4) is 11.5 Å². The monoisotopic (exact) mass is 411 g/mol. The molecule has 0 saturated carbocycles. The average Bonchev–Trinajstić information content (AvgIpc) is 3.31. The molecule has 3 aromatic carbocycles. The normalized spacial score (nSPS) is 12.1. The van der Waals surface area contributed by atoms with Gasteiger partial charge in [-0.05, 0) is 36.2 Å². The maximum absolute atomic E-state index is 13.5. The minimum atomic E-state index is -0.0556. The van der Waals surface area contributed by atoms with Gasteiger partial charge in [-0.3, -0.25) is 14.8 Å². The molecule has 1 aliphatic heterocycles. The second-order valence-electron chi connectivity index (χ2n) is 7.37. The van der Waals surface area contributed by atoms with Crippen molar-refractivity contribution in [2.24, 2.45) is 0 Å². The Kier molecular flexibility index (Phi) is 5.19. The van der Waals surface area contributed by atoms with E-state index in [2.05, 4.69) is 22.1 Å². The van der Waals surface area contributed by atoms with Gasteiger partial charge in [-0.1, -0.05) is 42.5 Å². The number of carbonyl (C=O) groups excluding carboxylic acids is 1. The molecule has 31 heavy (non-hydrogen) atoms. The van der Waals surface area contributed by atoms with Gasteiger partial charge in [0, 0.05) is 36.6 Å². The zero-order chi connectivity index (χ0) is 21.0. The fourth-order valence-corrected chi connectivity index (χ4v) is 3.76. The van der Waals surface area contributed by atoms with E-state index in [1.54, 1.807) is 18.5 Å². The zero-order valence-corrected chi connectivity index (χ0v) is 16.9. The lowest BCUT2D eigenvalue weighted by molar-refractivity contribution is 0.0744. The van der Waals surface area contributed by atoms with Gasteiger partial charge in [0.2, 0.25) is 6.79 Å². The minimum absolute atomic E-state index is 0.0556. The van der Waals surface area contributed by atoms with Crippen molar-refractivity contribution >= 4 is 16.9 Å². The summed E-state index contributed by atoms with van der Waals surface area (Å²) in [6.07, 6.45) is 4.04. The van der Waals surface area contributed by atoms with Gasteiger partial charge in [0.15, 0.2) is 11.5 Å². The third kappa shape index (κ3) is 4.05. The summed E-state index contributed by atoms with van der Waals surface area (Å²) in [5.41, 5.74) is 4.17. The Balaban J connectivity index is 1.45. The van der Waals surface area contributed by atoms with E-state index in [1.165, 1.54) is 5.56 Å². The van der Waals surface area contributed by atoms with Crippen LogP contribution >= 0.6 is 0 Å². The maximum atomic E-state index is 13.5. The molecule has 1 aliphatic rings. The van der Waals surface area contributed by atoms with Gasteiger partial charge in [-0.25, -0.2) is 0 Å². The first kappa shape index (κ1) is 19.1. The van der Waals surface area contributed by atoms with Crippen LogP contribution in [0, 0.1) is 0 Å². The molecule has 5 rings (SSSR count). The fraction of sp³-hybridized carbons (Fsp3) is 0.160. The summed E-state index contributed by atoms with van der Waals surface area (Å²) in [6, 6.07) is 21.4. The molecule has 2 heterocycles. The largest absolute Gasteiger partial charge is 0.454 e.